The highest BCUT2D eigenvalue weighted by molar-refractivity contribution is 7.80. The van der Waals surface area contributed by atoms with Crippen LogP contribution in [0.3, 0.4) is 0 Å². The van der Waals surface area contributed by atoms with Crippen LogP contribution in [-0.4, -0.2) is 42.9 Å². The van der Waals surface area contributed by atoms with Crippen LogP contribution in [0.15, 0.2) is 42.6 Å². The van der Waals surface area contributed by atoms with E-state index in [4.69, 9.17) is 17.0 Å². The van der Waals surface area contributed by atoms with E-state index in [1.54, 1.807) is 0 Å². The van der Waals surface area contributed by atoms with Gasteiger partial charge in [-0.2, -0.15) is 0 Å². The highest BCUT2D eigenvalue weighted by atomic mass is 32.1. The lowest BCUT2D eigenvalue weighted by molar-refractivity contribution is 0.0515. The second-order valence-electron chi connectivity index (χ2n) is 8.78. The summed E-state index contributed by atoms with van der Waals surface area (Å²) in [5.74, 6) is 1.61. The van der Waals surface area contributed by atoms with Gasteiger partial charge in [0.1, 0.15) is 11.6 Å². The number of aromatic nitrogens is 1. The van der Waals surface area contributed by atoms with Crippen molar-refractivity contribution < 1.29 is 9.13 Å². The molecule has 0 unspecified atom stereocenters. The summed E-state index contributed by atoms with van der Waals surface area (Å²) in [5.41, 5.74) is 1.87. The summed E-state index contributed by atoms with van der Waals surface area (Å²) in [7, 11) is 0. The Labute approximate surface area is 189 Å². The number of pyridine rings is 1. The standard InChI is InChI=1S/C24H31FN4OS/c1-18-8-12-29(13-9-18)22-7-6-21(16-26-22)28-23(31)27-17-24(10-14-30-15-11-24)19-2-4-20(25)5-3-19/h2-7,16,18H,8-15,17H2,1H3,(H2,27,28,31). The largest absolute Gasteiger partial charge is 0.381 e. The number of benzene rings is 1. The Morgan fingerprint density at radius 2 is 1.87 bits per heavy atom. The molecule has 2 saturated heterocycles. The number of nitrogens with one attached hydrogen (secondary N) is 2. The Balaban J connectivity index is 1.34. The third-order valence-corrected chi connectivity index (χ3v) is 6.85. The summed E-state index contributed by atoms with van der Waals surface area (Å²) in [6, 6.07) is 10.9. The highest BCUT2D eigenvalue weighted by Crippen LogP contribution is 2.34. The topological polar surface area (TPSA) is 49.4 Å². The van der Waals surface area contributed by atoms with Crippen molar-refractivity contribution >= 4 is 28.8 Å². The van der Waals surface area contributed by atoms with E-state index in [9.17, 15) is 4.39 Å². The van der Waals surface area contributed by atoms with Crippen LogP contribution in [0.5, 0.6) is 0 Å². The smallest absolute Gasteiger partial charge is 0.170 e. The van der Waals surface area contributed by atoms with Gasteiger partial charge in [-0.15, -0.1) is 0 Å². The molecule has 1 aromatic carbocycles. The lowest BCUT2D eigenvalue weighted by Crippen LogP contribution is -2.45. The third kappa shape index (κ3) is 5.52. The minimum absolute atomic E-state index is 0.120. The van der Waals surface area contributed by atoms with Gasteiger partial charge in [-0.05, 0) is 73.6 Å². The SMILES string of the molecule is CC1CCN(c2ccc(NC(=S)NCC3(c4ccc(F)cc4)CCOCC3)cn2)CC1. The van der Waals surface area contributed by atoms with Crippen molar-refractivity contribution in [1.29, 1.82) is 0 Å². The van der Waals surface area contributed by atoms with Gasteiger partial charge in [0.05, 0.1) is 11.9 Å². The first kappa shape index (κ1) is 22.0. The van der Waals surface area contributed by atoms with Crippen LogP contribution in [0.25, 0.3) is 0 Å². The molecule has 7 heteroatoms. The van der Waals surface area contributed by atoms with Gasteiger partial charge in [0.25, 0.3) is 0 Å². The van der Waals surface area contributed by atoms with Crippen molar-refractivity contribution in [2.24, 2.45) is 5.92 Å². The molecule has 0 spiro atoms. The lowest BCUT2D eigenvalue weighted by Gasteiger charge is -2.38. The lowest BCUT2D eigenvalue weighted by atomic mass is 9.74. The number of anilines is 2. The molecule has 0 saturated carbocycles. The zero-order valence-corrected chi connectivity index (χ0v) is 18.9. The predicted molar refractivity (Wildman–Crippen MR) is 127 cm³/mol. The van der Waals surface area contributed by atoms with Crippen molar-refractivity contribution in [3.8, 4) is 0 Å². The van der Waals surface area contributed by atoms with E-state index < -0.39 is 0 Å². The van der Waals surface area contributed by atoms with E-state index in [1.165, 1.54) is 25.0 Å². The van der Waals surface area contributed by atoms with Gasteiger partial charge in [0.2, 0.25) is 0 Å². The minimum Gasteiger partial charge on any atom is -0.381 e. The molecule has 2 fully saturated rings. The van der Waals surface area contributed by atoms with Crippen molar-refractivity contribution in [3.05, 3.63) is 54.0 Å². The fourth-order valence-electron chi connectivity index (χ4n) is 4.44. The second kappa shape index (κ2) is 9.92. The molecule has 1 aromatic heterocycles. The number of halogens is 1. The molecule has 166 valence electrons. The van der Waals surface area contributed by atoms with Gasteiger partial charge in [0, 0.05) is 38.3 Å². The first-order chi connectivity index (χ1) is 15.0. The van der Waals surface area contributed by atoms with E-state index in [1.807, 2.05) is 24.4 Å². The number of nitrogens with zero attached hydrogens (tertiary/aromatic N) is 2. The molecule has 0 radical (unpaired) electrons. The molecule has 2 aliphatic heterocycles. The monoisotopic (exact) mass is 442 g/mol. The Bertz CT molecular complexity index is 860. The quantitative estimate of drug-likeness (QED) is 0.666. The number of hydrogen-bond acceptors (Lipinski definition) is 4. The van der Waals surface area contributed by atoms with E-state index >= 15 is 0 Å². The van der Waals surface area contributed by atoms with Crippen LogP contribution in [0, 0.1) is 11.7 Å². The Morgan fingerprint density at radius 1 is 1.16 bits per heavy atom. The summed E-state index contributed by atoms with van der Waals surface area (Å²) >= 11 is 5.54. The molecule has 31 heavy (non-hydrogen) atoms. The maximum Gasteiger partial charge on any atom is 0.170 e. The van der Waals surface area contributed by atoms with Gasteiger partial charge < -0.3 is 20.3 Å². The molecule has 0 bridgehead atoms. The maximum absolute atomic E-state index is 13.4. The first-order valence-electron chi connectivity index (χ1n) is 11.1. The molecule has 2 aliphatic rings. The van der Waals surface area contributed by atoms with Crippen molar-refractivity contribution in [2.45, 2.75) is 38.0 Å². The second-order valence-corrected chi connectivity index (χ2v) is 9.19. The van der Waals surface area contributed by atoms with Crippen LogP contribution in [0.4, 0.5) is 15.9 Å². The maximum atomic E-state index is 13.4. The number of hydrogen-bond donors (Lipinski definition) is 2. The number of rotatable bonds is 5. The molecule has 4 rings (SSSR count). The van der Waals surface area contributed by atoms with Gasteiger partial charge >= 0.3 is 0 Å². The van der Waals surface area contributed by atoms with E-state index in [2.05, 4.69) is 33.5 Å². The van der Waals surface area contributed by atoms with Gasteiger partial charge in [-0.3, -0.25) is 0 Å². The molecule has 0 atom stereocenters. The third-order valence-electron chi connectivity index (χ3n) is 6.61. The molecule has 0 aliphatic carbocycles. The molecule has 5 nitrogen and oxygen atoms in total. The summed E-state index contributed by atoms with van der Waals surface area (Å²) in [6.45, 7) is 6.50. The summed E-state index contributed by atoms with van der Waals surface area (Å²) in [4.78, 5) is 6.97. The fourth-order valence-corrected chi connectivity index (χ4v) is 4.63. The van der Waals surface area contributed by atoms with Crippen molar-refractivity contribution in [3.63, 3.8) is 0 Å². The molecule has 0 amide bonds. The van der Waals surface area contributed by atoms with E-state index in [0.717, 1.165) is 48.9 Å². The van der Waals surface area contributed by atoms with Gasteiger partial charge in [0.15, 0.2) is 5.11 Å². The Morgan fingerprint density at radius 3 is 2.52 bits per heavy atom. The molecule has 3 heterocycles. The number of ether oxygens (including phenoxy) is 1. The van der Waals surface area contributed by atoms with Crippen LogP contribution >= 0.6 is 12.2 Å². The zero-order valence-electron chi connectivity index (χ0n) is 18.1. The average molecular weight is 443 g/mol. The van der Waals surface area contributed by atoms with E-state index in [-0.39, 0.29) is 11.2 Å². The molecule has 2 N–H and O–H groups in total. The number of thiocarbonyl (C=S) groups is 1. The fraction of sp³-hybridized carbons (Fsp3) is 0.500. The van der Waals surface area contributed by atoms with Crippen LogP contribution < -0.4 is 15.5 Å². The first-order valence-corrected chi connectivity index (χ1v) is 11.5. The van der Waals surface area contributed by atoms with Crippen LogP contribution in [0.1, 0.15) is 38.2 Å². The van der Waals surface area contributed by atoms with Crippen molar-refractivity contribution in [1.82, 2.24) is 10.3 Å². The summed E-state index contributed by atoms with van der Waals surface area (Å²) in [5, 5.41) is 7.18. The summed E-state index contributed by atoms with van der Waals surface area (Å²) in [6.07, 6.45) is 6.02. The predicted octanol–water partition coefficient (Wildman–Crippen LogP) is 4.49. The molecule has 2 aromatic rings. The van der Waals surface area contributed by atoms with Crippen LogP contribution in [-0.2, 0) is 10.2 Å². The normalized spacial score (nSPS) is 19.1. The average Bonchev–Trinajstić information content (AvgIpc) is 2.80. The van der Waals surface area contributed by atoms with Crippen LogP contribution in [0.2, 0.25) is 0 Å². The minimum atomic E-state index is -0.217. The molecular weight excluding hydrogens is 411 g/mol. The van der Waals surface area contributed by atoms with Gasteiger partial charge in [-0.1, -0.05) is 19.1 Å². The molecular formula is C24H31FN4OS. The van der Waals surface area contributed by atoms with Gasteiger partial charge in [-0.25, -0.2) is 9.37 Å². The zero-order chi connectivity index (χ0) is 21.7. The summed E-state index contributed by atoms with van der Waals surface area (Å²) < 4.78 is 19.0. The van der Waals surface area contributed by atoms with E-state index in [0.29, 0.717) is 24.9 Å². The highest BCUT2D eigenvalue weighted by Gasteiger charge is 2.34. The van der Waals surface area contributed by atoms with Crippen molar-refractivity contribution in [2.75, 3.05) is 43.1 Å². The Hall–Kier alpha value is -2.25. The Kier molecular flexibility index (Phi) is 7.02. The number of piperidine rings is 1.